The van der Waals surface area contributed by atoms with Gasteiger partial charge in [-0.2, -0.15) is 0 Å². The van der Waals surface area contributed by atoms with Crippen molar-refractivity contribution in [3.8, 4) is 0 Å². The quantitative estimate of drug-likeness (QED) is 0.775. The number of piperidine rings is 1. The van der Waals surface area contributed by atoms with Crippen LogP contribution in [0.5, 0.6) is 0 Å². The van der Waals surface area contributed by atoms with Crippen LogP contribution in [-0.2, 0) is 4.79 Å². The number of thiocarbonyl (C=S) groups is 1. The Bertz CT molecular complexity index is 354. The molecular formula is C14H27N3OS. The molecule has 1 aliphatic heterocycles. The highest BCUT2D eigenvalue weighted by Gasteiger charge is 2.35. The summed E-state index contributed by atoms with van der Waals surface area (Å²) in [5.41, 5.74) is 5.56. The topological polar surface area (TPSA) is 58.4 Å². The number of carbonyl (C=O) groups is 1. The predicted molar refractivity (Wildman–Crippen MR) is 83.1 cm³/mol. The Morgan fingerprint density at radius 3 is 2.21 bits per heavy atom. The van der Waals surface area contributed by atoms with Crippen molar-refractivity contribution in [2.24, 2.45) is 11.1 Å². The molecule has 0 spiro atoms. The van der Waals surface area contributed by atoms with Gasteiger partial charge in [-0.25, -0.2) is 0 Å². The summed E-state index contributed by atoms with van der Waals surface area (Å²) in [5, 5.41) is 3.03. The van der Waals surface area contributed by atoms with E-state index in [1.165, 1.54) is 0 Å². The number of hydrogen-bond donors (Lipinski definition) is 2. The Labute approximate surface area is 122 Å². The first kappa shape index (κ1) is 16.4. The maximum Gasteiger partial charge on any atom is 0.237 e. The highest BCUT2D eigenvalue weighted by atomic mass is 32.1. The van der Waals surface area contributed by atoms with Crippen molar-refractivity contribution in [2.75, 3.05) is 13.1 Å². The van der Waals surface area contributed by atoms with Crippen molar-refractivity contribution < 1.29 is 4.79 Å². The molecule has 0 aromatic carbocycles. The van der Waals surface area contributed by atoms with Gasteiger partial charge in [0.1, 0.15) is 0 Å². The second kappa shape index (κ2) is 5.75. The van der Waals surface area contributed by atoms with Gasteiger partial charge in [0.05, 0.1) is 11.0 Å². The highest BCUT2D eigenvalue weighted by Crippen LogP contribution is 2.31. The number of amides is 1. The van der Waals surface area contributed by atoms with Gasteiger partial charge in [0.25, 0.3) is 0 Å². The van der Waals surface area contributed by atoms with E-state index in [1.54, 1.807) is 0 Å². The molecule has 1 fully saturated rings. The first-order chi connectivity index (χ1) is 8.55. The molecule has 1 atom stereocenters. The molecule has 1 aliphatic rings. The minimum atomic E-state index is -0.186. The van der Waals surface area contributed by atoms with Gasteiger partial charge in [-0.05, 0) is 53.6 Å². The maximum atomic E-state index is 12.1. The number of hydrogen-bond acceptors (Lipinski definition) is 3. The number of nitrogens with zero attached hydrogens (tertiary/aromatic N) is 1. The van der Waals surface area contributed by atoms with Gasteiger partial charge in [-0.1, -0.05) is 19.1 Å². The number of rotatable bonds is 3. The van der Waals surface area contributed by atoms with E-state index in [-0.39, 0.29) is 22.9 Å². The summed E-state index contributed by atoms with van der Waals surface area (Å²) < 4.78 is 0. The zero-order valence-corrected chi connectivity index (χ0v) is 13.6. The summed E-state index contributed by atoms with van der Waals surface area (Å²) >= 11 is 5.14. The largest absolute Gasteiger partial charge is 0.393 e. The average molecular weight is 285 g/mol. The summed E-state index contributed by atoms with van der Waals surface area (Å²) in [6.07, 6.45) is 1.85. The molecule has 3 N–H and O–H groups in total. The molecular weight excluding hydrogens is 258 g/mol. The smallest absolute Gasteiger partial charge is 0.237 e. The lowest BCUT2D eigenvalue weighted by Gasteiger charge is -2.41. The Hall–Kier alpha value is -0.680. The number of nitrogens with one attached hydrogen (secondary N) is 1. The first-order valence-electron chi connectivity index (χ1n) is 6.91. The van der Waals surface area contributed by atoms with Gasteiger partial charge >= 0.3 is 0 Å². The molecule has 0 aromatic rings. The summed E-state index contributed by atoms with van der Waals surface area (Å²) in [6, 6.07) is -0.102. The fourth-order valence-electron chi connectivity index (χ4n) is 2.29. The van der Waals surface area contributed by atoms with Crippen LogP contribution in [0.4, 0.5) is 0 Å². The van der Waals surface area contributed by atoms with Gasteiger partial charge in [0, 0.05) is 11.0 Å². The standard InChI is InChI=1S/C14H27N3OS/c1-10(11(18)16-13(2,3)4)17-8-6-14(5,7-9-17)12(15)19/h10H,6-9H2,1-5H3,(H2,15,19)(H,16,18). The lowest BCUT2D eigenvalue weighted by Crippen LogP contribution is -2.54. The van der Waals surface area contributed by atoms with Crippen LogP contribution in [0.3, 0.4) is 0 Å². The minimum absolute atomic E-state index is 0.0495. The molecule has 0 aliphatic carbocycles. The Morgan fingerprint density at radius 2 is 1.84 bits per heavy atom. The predicted octanol–water partition coefficient (Wildman–Crippen LogP) is 1.68. The third kappa shape index (κ3) is 4.42. The van der Waals surface area contributed by atoms with Crippen molar-refractivity contribution >= 4 is 23.1 Å². The van der Waals surface area contributed by atoms with E-state index in [1.807, 2.05) is 27.7 Å². The molecule has 0 bridgehead atoms. The average Bonchev–Trinajstić information content (AvgIpc) is 2.26. The van der Waals surface area contributed by atoms with Crippen LogP contribution in [0.1, 0.15) is 47.5 Å². The fraction of sp³-hybridized carbons (Fsp3) is 0.857. The molecule has 0 saturated carbocycles. The molecule has 4 nitrogen and oxygen atoms in total. The summed E-state index contributed by atoms with van der Waals surface area (Å²) in [7, 11) is 0. The second-order valence-corrected chi connectivity index (χ2v) is 7.32. The van der Waals surface area contributed by atoms with Crippen molar-refractivity contribution in [3.63, 3.8) is 0 Å². The van der Waals surface area contributed by atoms with Crippen molar-refractivity contribution in [1.29, 1.82) is 0 Å². The van der Waals surface area contributed by atoms with Crippen molar-refractivity contribution in [3.05, 3.63) is 0 Å². The monoisotopic (exact) mass is 285 g/mol. The zero-order valence-electron chi connectivity index (χ0n) is 12.7. The van der Waals surface area contributed by atoms with E-state index in [4.69, 9.17) is 18.0 Å². The second-order valence-electron chi connectivity index (χ2n) is 6.88. The van der Waals surface area contributed by atoms with Crippen LogP contribution < -0.4 is 11.1 Å². The van der Waals surface area contributed by atoms with Crippen LogP contribution in [0.15, 0.2) is 0 Å². The molecule has 1 saturated heterocycles. The molecule has 1 heterocycles. The van der Waals surface area contributed by atoms with Crippen LogP contribution in [0, 0.1) is 5.41 Å². The number of nitrogens with two attached hydrogens (primary N) is 1. The van der Waals surface area contributed by atoms with E-state index < -0.39 is 0 Å². The van der Waals surface area contributed by atoms with Gasteiger partial charge in [-0.3, -0.25) is 9.69 Å². The molecule has 110 valence electrons. The van der Waals surface area contributed by atoms with Crippen LogP contribution in [0.2, 0.25) is 0 Å². The molecule has 1 unspecified atom stereocenters. The SMILES string of the molecule is CC(C(=O)NC(C)(C)C)N1CCC(C)(C(N)=S)CC1. The lowest BCUT2D eigenvalue weighted by atomic mass is 9.80. The van der Waals surface area contributed by atoms with E-state index in [2.05, 4.69) is 17.1 Å². The molecule has 19 heavy (non-hydrogen) atoms. The Kier molecular flexibility index (Phi) is 4.96. The van der Waals surface area contributed by atoms with Crippen molar-refractivity contribution in [1.82, 2.24) is 10.2 Å². The first-order valence-corrected chi connectivity index (χ1v) is 7.32. The fourth-order valence-corrected chi connectivity index (χ4v) is 2.50. The molecule has 0 radical (unpaired) electrons. The van der Waals surface area contributed by atoms with Crippen LogP contribution >= 0.6 is 12.2 Å². The van der Waals surface area contributed by atoms with E-state index >= 15 is 0 Å². The zero-order chi connectivity index (χ0) is 14.8. The molecule has 1 amide bonds. The van der Waals surface area contributed by atoms with Crippen LogP contribution in [0.25, 0.3) is 0 Å². The number of carbonyl (C=O) groups excluding carboxylic acids is 1. The van der Waals surface area contributed by atoms with E-state index in [9.17, 15) is 4.79 Å². The Morgan fingerprint density at radius 1 is 1.37 bits per heavy atom. The third-order valence-corrected chi connectivity index (χ3v) is 4.41. The summed E-state index contributed by atoms with van der Waals surface area (Å²) in [4.78, 5) is 15.0. The lowest BCUT2D eigenvalue weighted by molar-refractivity contribution is -0.128. The van der Waals surface area contributed by atoms with Crippen molar-refractivity contribution in [2.45, 2.75) is 59.0 Å². The van der Waals surface area contributed by atoms with Crippen LogP contribution in [-0.4, -0.2) is 40.5 Å². The molecule has 5 heteroatoms. The van der Waals surface area contributed by atoms with E-state index in [0.717, 1.165) is 25.9 Å². The molecule has 1 rings (SSSR count). The minimum Gasteiger partial charge on any atom is -0.393 e. The van der Waals surface area contributed by atoms with Gasteiger partial charge in [0.15, 0.2) is 0 Å². The maximum absolute atomic E-state index is 12.1. The third-order valence-electron chi connectivity index (χ3n) is 3.92. The van der Waals surface area contributed by atoms with E-state index in [0.29, 0.717) is 4.99 Å². The highest BCUT2D eigenvalue weighted by molar-refractivity contribution is 7.80. The Balaban J connectivity index is 2.56. The number of likely N-dealkylation sites (tertiary alicyclic amines) is 1. The van der Waals surface area contributed by atoms with Gasteiger partial charge < -0.3 is 11.1 Å². The normalized spacial score (nSPS) is 21.7. The van der Waals surface area contributed by atoms with Gasteiger partial charge in [-0.15, -0.1) is 0 Å². The summed E-state index contributed by atoms with van der Waals surface area (Å²) in [5.74, 6) is 0.0893. The molecule has 0 aromatic heterocycles. The summed E-state index contributed by atoms with van der Waals surface area (Å²) in [6.45, 7) is 11.8. The van der Waals surface area contributed by atoms with Gasteiger partial charge in [0.2, 0.25) is 5.91 Å².